The minimum absolute atomic E-state index is 0.0290. The van der Waals surface area contributed by atoms with Crippen molar-refractivity contribution in [2.24, 2.45) is 5.92 Å². The molecule has 2 aliphatic heterocycles. The fraction of sp³-hybridized carbons (Fsp3) is 0.923. The van der Waals surface area contributed by atoms with Crippen LogP contribution in [0.3, 0.4) is 0 Å². The number of piperidine rings is 1. The van der Waals surface area contributed by atoms with E-state index in [9.17, 15) is 13.2 Å². The number of amides is 1. The number of nitrogens with one attached hydrogen (secondary N) is 1. The monoisotopic (exact) mass is 319 g/mol. The molecule has 0 saturated carbocycles. The molecule has 2 heterocycles. The van der Waals surface area contributed by atoms with Gasteiger partial charge in [0, 0.05) is 32.7 Å². The highest BCUT2D eigenvalue weighted by Gasteiger charge is 2.36. The maximum absolute atomic E-state index is 12.6. The van der Waals surface area contributed by atoms with E-state index in [2.05, 4.69) is 5.32 Å². The molecule has 2 rings (SSSR count). The Balaban J connectivity index is 1.97. The third-order valence-electron chi connectivity index (χ3n) is 3.93. The Morgan fingerprint density at radius 3 is 2.62 bits per heavy atom. The van der Waals surface area contributed by atoms with Gasteiger partial charge in [0.1, 0.15) is 0 Å². The average molecular weight is 319 g/mol. The van der Waals surface area contributed by atoms with Gasteiger partial charge in [0.15, 0.2) is 0 Å². The van der Waals surface area contributed by atoms with Gasteiger partial charge in [0.05, 0.1) is 19.1 Å². The summed E-state index contributed by atoms with van der Waals surface area (Å²) in [5.74, 6) is -0.264. The fourth-order valence-electron chi connectivity index (χ4n) is 2.70. The van der Waals surface area contributed by atoms with E-state index >= 15 is 0 Å². The molecule has 1 unspecified atom stereocenters. The van der Waals surface area contributed by atoms with Crippen molar-refractivity contribution in [1.29, 1.82) is 0 Å². The van der Waals surface area contributed by atoms with Crippen LogP contribution in [-0.2, 0) is 19.7 Å². The molecular weight excluding hydrogens is 294 g/mol. The van der Waals surface area contributed by atoms with E-state index in [1.165, 1.54) is 8.61 Å². The summed E-state index contributed by atoms with van der Waals surface area (Å²) >= 11 is 0. The lowest BCUT2D eigenvalue weighted by Crippen LogP contribution is -2.52. The molecule has 8 heteroatoms. The predicted molar refractivity (Wildman–Crippen MR) is 78.9 cm³/mol. The Kier molecular flexibility index (Phi) is 5.98. The van der Waals surface area contributed by atoms with E-state index in [-0.39, 0.29) is 18.4 Å². The average Bonchev–Trinajstić information content (AvgIpc) is 2.53. The van der Waals surface area contributed by atoms with Crippen LogP contribution in [0.5, 0.6) is 0 Å². The lowest BCUT2D eigenvalue weighted by Gasteiger charge is -2.36. The number of hydrogen-bond acceptors (Lipinski definition) is 4. The summed E-state index contributed by atoms with van der Waals surface area (Å²) in [6.45, 7) is 5.09. The molecule has 0 bridgehead atoms. The second kappa shape index (κ2) is 7.53. The lowest BCUT2D eigenvalue weighted by atomic mass is 9.99. The smallest absolute Gasteiger partial charge is 0.282 e. The van der Waals surface area contributed by atoms with Gasteiger partial charge in [0.2, 0.25) is 5.91 Å². The zero-order chi connectivity index (χ0) is 15.3. The molecule has 2 fully saturated rings. The van der Waals surface area contributed by atoms with Crippen molar-refractivity contribution in [2.75, 3.05) is 45.9 Å². The number of nitrogens with zero attached hydrogens (tertiary/aromatic N) is 2. The lowest BCUT2D eigenvalue weighted by molar-refractivity contribution is -0.126. The molecule has 1 N–H and O–H groups in total. The van der Waals surface area contributed by atoms with Crippen LogP contribution in [-0.4, -0.2) is 68.9 Å². The van der Waals surface area contributed by atoms with Crippen molar-refractivity contribution in [3.05, 3.63) is 0 Å². The van der Waals surface area contributed by atoms with Gasteiger partial charge in [-0.3, -0.25) is 4.79 Å². The highest BCUT2D eigenvalue weighted by molar-refractivity contribution is 7.86. The van der Waals surface area contributed by atoms with Crippen molar-refractivity contribution in [3.63, 3.8) is 0 Å². The molecule has 0 radical (unpaired) electrons. The molecule has 0 spiro atoms. The summed E-state index contributed by atoms with van der Waals surface area (Å²) < 4.78 is 33.3. The molecule has 122 valence electrons. The van der Waals surface area contributed by atoms with Gasteiger partial charge >= 0.3 is 0 Å². The van der Waals surface area contributed by atoms with E-state index in [0.717, 1.165) is 19.3 Å². The standard InChI is InChI=1S/C13H25N3O4S/c1-2-5-14-13(17)12-4-3-6-16(11-12)21(18,19)15-7-9-20-10-8-15/h12H,2-11H2,1H3,(H,14,17). The molecule has 0 aliphatic carbocycles. The van der Waals surface area contributed by atoms with E-state index in [4.69, 9.17) is 4.74 Å². The SMILES string of the molecule is CCCNC(=O)C1CCCN(S(=O)(=O)N2CCOCC2)C1. The van der Waals surface area contributed by atoms with Crippen LogP contribution in [0.15, 0.2) is 0 Å². The predicted octanol–water partition coefficient (Wildman–Crippen LogP) is -0.198. The van der Waals surface area contributed by atoms with Gasteiger partial charge in [-0.2, -0.15) is 17.0 Å². The van der Waals surface area contributed by atoms with Crippen LogP contribution in [0.25, 0.3) is 0 Å². The Hall–Kier alpha value is -0.700. The zero-order valence-electron chi connectivity index (χ0n) is 12.6. The van der Waals surface area contributed by atoms with Crippen LogP contribution in [0, 0.1) is 5.92 Å². The van der Waals surface area contributed by atoms with E-state index in [1.54, 1.807) is 0 Å². The molecule has 0 aromatic carbocycles. The second-order valence-corrected chi connectivity index (χ2v) is 7.44. The molecule has 0 aromatic heterocycles. The molecule has 7 nitrogen and oxygen atoms in total. The first-order chi connectivity index (χ1) is 10.1. The number of ether oxygens (including phenoxy) is 1. The van der Waals surface area contributed by atoms with Crippen LogP contribution in [0.4, 0.5) is 0 Å². The molecule has 0 aromatic rings. The van der Waals surface area contributed by atoms with Gasteiger partial charge in [-0.05, 0) is 19.3 Å². The van der Waals surface area contributed by atoms with Crippen molar-refractivity contribution < 1.29 is 17.9 Å². The highest BCUT2D eigenvalue weighted by Crippen LogP contribution is 2.21. The van der Waals surface area contributed by atoms with E-state index < -0.39 is 10.2 Å². The van der Waals surface area contributed by atoms with E-state index in [1.807, 2.05) is 6.92 Å². The normalized spacial score (nSPS) is 25.7. The first-order valence-electron chi connectivity index (χ1n) is 7.66. The summed E-state index contributed by atoms with van der Waals surface area (Å²) in [6, 6.07) is 0. The zero-order valence-corrected chi connectivity index (χ0v) is 13.4. The fourth-order valence-corrected chi connectivity index (χ4v) is 4.36. The molecule has 1 amide bonds. The maximum Gasteiger partial charge on any atom is 0.282 e. The van der Waals surface area contributed by atoms with Gasteiger partial charge in [-0.25, -0.2) is 0 Å². The Bertz CT molecular complexity index is 448. The third kappa shape index (κ3) is 4.15. The quantitative estimate of drug-likeness (QED) is 0.761. The Labute approximate surface area is 126 Å². The van der Waals surface area contributed by atoms with Crippen LogP contribution < -0.4 is 5.32 Å². The Morgan fingerprint density at radius 1 is 1.24 bits per heavy atom. The van der Waals surface area contributed by atoms with Gasteiger partial charge in [0.25, 0.3) is 10.2 Å². The number of hydrogen-bond donors (Lipinski definition) is 1. The summed E-state index contributed by atoms with van der Waals surface area (Å²) in [4.78, 5) is 12.0. The van der Waals surface area contributed by atoms with Gasteiger partial charge < -0.3 is 10.1 Å². The largest absolute Gasteiger partial charge is 0.379 e. The summed E-state index contributed by atoms with van der Waals surface area (Å²) in [5.41, 5.74) is 0. The highest BCUT2D eigenvalue weighted by atomic mass is 32.2. The van der Waals surface area contributed by atoms with Crippen molar-refractivity contribution in [1.82, 2.24) is 13.9 Å². The molecule has 1 atom stereocenters. The van der Waals surface area contributed by atoms with Crippen molar-refractivity contribution in [3.8, 4) is 0 Å². The Morgan fingerprint density at radius 2 is 1.95 bits per heavy atom. The molecular formula is C13H25N3O4S. The number of rotatable bonds is 5. The van der Waals surface area contributed by atoms with Crippen molar-refractivity contribution in [2.45, 2.75) is 26.2 Å². The summed E-state index contributed by atoms with van der Waals surface area (Å²) in [5, 5.41) is 2.86. The van der Waals surface area contributed by atoms with Crippen LogP contribution >= 0.6 is 0 Å². The second-order valence-electron chi connectivity index (χ2n) is 5.51. The summed E-state index contributed by atoms with van der Waals surface area (Å²) in [7, 11) is -3.47. The van der Waals surface area contributed by atoms with Crippen LogP contribution in [0.2, 0.25) is 0 Å². The van der Waals surface area contributed by atoms with Gasteiger partial charge in [-0.1, -0.05) is 6.92 Å². The summed E-state index contributed by atoms with van der Waals surface area (Å²) in [6.07, 6.45) is 2.37. The first-order valence-corrected chi connectivity index (χ1v) is 9.06. The topological polar surface area (TPSA) is 79.0 Å². The first kappa shape index (κ1) is 16.7. The molecule has 2 saturated heterocycles. The maximum atomic E-state index is 12.6. The van der Waals surface area contributed by atoms with Gasteiger partial charge in [-0.15, -0.1) is 0 Å². The number of carbonyl (C=O) groups is 1. The third-order valence-corrected chi connectivity index (χ3v) is 5.93. The number of carbonyl (C=O) groups excluding carboxylic acids is 1. The minimum atomic E-state index is -3.47. The molecule has 21 heavy (non-hydrogen) atoms. The van der Waals surface area contributed by atoms with E-state index in [0.29, 0.717) is 39.4 Å². The minimum Gasteiger partial charge on any atom is -0.379 e. The van der Waals surface area contributed by atoms with Crippen molar-refractivity contribution >= 4 is 16.1 Å². The van der Waals surface area contributed by atoms with Crippen LogP contribution in [0.1, 0.15) is 26.2 Å². The molecule has 2 aliphatic rings. The number of morpholine rings is 1.